The van der Waals surface area contributed by atoms with Gasteiger partial charge in [-0.15, -0.1) is 11.3 Å². The highest BCUT2D eigenvalue weighted by atomic mass is 32.1. The summed E-state index contributed by atoms with van der Waals surface area (Å²) < 4.78 is 1.11. The molecule has 0 bridgehead atoms. The summed E-state index contributed by atoms with van der Waals surface area (Å²) in [7, 11) is 0. The quantitative estimate of drug-likeness (QED) is 0.162. The lowest BCUT2D eigenvalue weighted by Gasteiger charge is -2.34. The van der Waals surface area contributed by atoms with E-state index in [0.29, 0.717) is 12.8 Å². The van der Waals surface area contributed by atoms with Gasteiger partial charge in [0.1, 0.15) is 6.17 Å². The second kappa shape index (κ2) is 10.7. The zero-order valence-electron chi connectivity index (χ0n) is 20.8. The number of benzene rings is 3. The van der Waals surface area contributed by atoms with E-state index in [2.05, 4.69) is 16.0 Å². The number of carbonyl (C=O) groups excluding carboxylic acids is 3. The van der Waals surface area contributed by atoms with Gasteiger partial charge in [-0.25, -0.2) is 0 Å². The summed E-state index contributed by atoms with van der Waals surface area (Å²) >= 11 is 1.59. The summed E-state index contributed by atoms with van der Waals surface area (Å²) in [6.45, 7) is 3.08. The van der Waals surface area contributed by atoms with Crippen LogP contribution in [-0.2, 0) is 27.2 Å². The van der Waals surface area contributed by atoms with Crippen LogP contribution in [0.25, 0.3) is 20.9 Å². The van der Waals surface area contributed by atoms with Crippen molar-refractivity contribution in [3.8, 4) is 0 Å². The summed E-state index contributed by atoms with van der Waals surface area (Å²) in [5.74, 6) is -1.22. The first kappa shape index (κ1) is 26.3. The number of nitrogens with two attached hydrogens (primary N) is 2. The number of fused-ring (bicyclic) bond motifs is 2. The van der Waals surface area contributed by atoms with Gasteiger partial charge in [0.05, 0.1) is 5.54 Å². The van der Waals surface area contributed by atoms with Gasteiger partial charge in [-0.05, 0) is 52.6 Å². The largest absolute Gasteiger partial charge is 0.338 e. The fourth-order valence-corrected chi connectivity index (χ4v) is 5.20. The number of hydrogen-bond acceptors (Lipinski definition) is 6. The third-order valence-corrected chi connectivity index (χ3v) is 7.25. The Morgan fingerprint density at radius 1 is 0.919 bits per heavy atom. The predicted octanol–water partition coefficient (Wildman–Crippen LogP) is 2.54. The van der Waals surface area contributed by atoms with Crippen LogP contribution in [0.5, 0.6) is 0 Å². The predicted molar refractivity (Wildman–Crippen MR) is 148 cm³/mol. The SMILES string of the molecule is CC(C)(N)C(=O)N[C@](N)(Cc1cccc2ccccc12)C(=O)N[C@H](Cc1csc2ccccc12)NC=O. The molecule has 0 saturated heterocycles. The van der Waals surface area contributed by atoms with Crippen LogP contribution >= 0.6 is 11.3 Å². The lowest BCUT2D eigenvalue weighted by Crippen LogP contribution is -2.71. The Bertz CT molecular complexity index is 1440. The van der Waals surface area contributed by atoms with Crippen molar-refractivity contribution in [1.82, 2.24) is 16.0 Å². The standard InChI is InChI=1S/C28H31N5O3S/c1-27(2,29)25(35)33-28(30,15-19-10-7-9-18-8-3-4-11-21(18)19)26(36)32-24(31-17-34)14-20-16-37-23-13-6-5-12-22(20)23/h3-13,16-17,24H,14-15,29-30H2,1-2H3,(H,31,34)(H,32,36)(H,33,35)/t24-,28-/m1/s1. The highest BCUT2D eigenvalue weighted by molar-refractivity contribution is 7.17. The maximum absolute atomic E-state index is 13.7. The van der Waals surface area contributed by atoms with Gasteiger partial charge in [0.15, 0.2) is 5.66 Å². The normalized spacial score (nSPS) is 14.1. The van der Waals surface area contributed by atoms with Crippen molar-refractivity contribution in [1.29, 1.82) is 0 Å². The molecule has 0 aliphatic heterocycles. The third kappa shape index (κ3) is 5.96. The molecular weight excluding hydrogens is 486 g/mol. The van der Waals surface area contributed by atoms with Crippen molar-refractivity contribution in [3.05, 3.63) is 83.2 Å². The molecular formula is C28H31N5O3S. The molecule has 9 heteroatoms. The van der Waals surface area contributed by atoms with Gasteiger partial charge in [0.2, 0.25) is 12.3 Å². The molecule has 0 aliphatic rings. The van der Waals surface area contributed by atoms with Crippen molar-refractivity contribution in [3.63, 3.8) is 0 Å². The second-order valence-corrected chi connectivity index (χ2v) is 10.6. The highest BCUT2D eigenvalue weighted by Crippen LogP contribution is 2.27. The Hall–Kier alpha value is -3.79. The van der Waals surface area contributed by atoms with Crippen LogP contribution in [0.4, 0.5) is 0 Å². The van der Waals surface area contributed by atoms with Crippen LogP contribution in [0.2, 0.25) is 0 Å². The second-order valence-electron chi connectivity index (χ2n) is 9.73. The minimum atomic E-state index is -1.84. The summed E-state index contributed by atoms with van der Waals surface area (Å²) in [5, 5.41) is 13.1. The van der Waals surface area contributed by atoms with E-state index in [4.69, 9.17) is 11.5 Å². The maximum Gasteiger partial charge on any atom is 0.262 e. The average Bonchev–Trinajstić information content (AvgIpc) is 3.26. The van der Waals surface area contributed by atoms with E-state index in [1.807, 2.05) is 72.1 Å². The van der Waals surface area contributed by atoms with Gasteiger partial charge in [-0.1, -0.05) is 60.7 Å². The van der Waals surface area contributed by atoms with Gasteiger partial charge in [0.25, 0.3) is 5.91 Å². The number of nitrogens with one attached hydrogen (secondary N) is 3. The molecule has 0 radical (unpaired) electrons. The smallest absolute Gasteiger partial charge is 0.262 e. The molecule has 192 valence electrons. The molecule has 7 N–H and O–H groups in total. The van der Waals surface area contributed by atoms with Gasteiger partial charge >= 0.3 is 0 Å². The lowest BCUT2D eigenvalue weighted by atomic mass is 9.93. The Kier molecular flexibility index (Phi) is 7.58. The Balaban J connectivity index is 1.64. The summed E-state index contributed by atoms with van der Waals surface area (Å²) in [6.07, 6.45) is 0.136. The van der Waals surface area contributed by atoms with Crippen LogP contribution in [0.3, 0.4) is 0 Å². The van der Waals surface area contributed by atoms with Gasteiger partial charge in [0, 0.05) is 17.5 Å². The molecule has 0 saturated carbocycles. The molecule has 1 aromatic heterocycles. The zero-order chi connectivity index (χ0) is 26.6. The van der Waals surface area contributed by atoms with Crippen LogP contribution in [0.15, 0.2) is 72.1 Å². The van der Waals surface area contributed by atoms with E-state index >= 15 is 0 Å². The fraction of sp³-hybridized carbons (Fsp3) is 0.250. The molecule has 8 nitrogen and oxygen atoms in total. The monoisotopic (exact) mass is 517 g/mol. The average molecular weight is 518 g/mol. The van der Waals surface area contributed by atoms with Gasteiger partial charge in [-0.2, -0.15) is 0 Å². The summed E-state index contributed by atoms with van der Waals surface area (Å²) in [4.78, 5) is 38.0. The van der Waals surface area contributed by atoms with Crippen molar-refractivity contribution in [2.24, 2.45) is 11.5 Å². The molecule has 0 aliphatic carbocycles. The van der Waals surface area contributed by atoms with Gasteiger partial charge < -0.3 is 27.4 Å². The molecule has 0 fully saturated rings. The molecule has 3 amide bonds. The highest BCUT2D eigenvalue weighted by Gasteiger charge is 2.40. The van der Waals surface area contributed by atoms with E-state index in [9.17, 15) is 14.4 Å². The first-order chi connectivity index (χ1) is 17.6. The summed E-state index contributed by atoms with van der Waals surface area (Å²) in [5.41, 5.74) is 11.3. The van der Waals surface area contributed by atoms with Crippen LogP contribution in [0, 0.1) is 0 Å². The molecule has 0 spiro atoms. The Morgan fingerprint density at radius 3 is 2.32 bits per heavy atom. The Morgan fingerprint density at radius 2 is 1.59 bits per heavy atom. The van der Waals surface area contributed by atoms with E-state index in [1.165, 1.54) is 13.8 Å². The molecule has 1 heterocycles. The number of carbonyl (C=O) groups is 3. The lowest BCUT2D eigenvalue weighted by molar-refractivity contribution is -0.136. The minimum Gasteiger partial charge on any atom is -0.338 e. The van der Waals surface area contributed by atoms with E-state index in [1.54, 1.807) is 11.3 Å². The third-order valence-electron chi connectivity index (χ3n) is 6.24. The minimum absolute atomic E-state index is 0.0111. The number of thiophene rings is 1. The van der Waals surface area contributed by atoms with Crippen molar-refractivity contribution in [2.75, 3.05) is 0 Å². The van der Waals surface area contributed by atoms with Gasteiger partial charge in [-0.3, -0.25) is 14.4 Å². The van der Waals surface area contributed by atoms with E-state index in [-0.39, 0.29) is 6.42 Å². The molecule has 4 rings (SSSR count). The van der Waals surface area contributed by atoms with Crippen LogP contribution in [-0.4, -0.2) is 35.6 Å². The van der Waals surface area contributed by atoms with Crippen LogP contribution in [0.1, 0.15) is 25.0 Å². The molecule has 37 heavy (non-hydrogen) atoms. The molecule has 0 unspecified atom stereocenters. The topological polar surface area (TPSA) is 139 Å². The molecule has 3 aromatic carbocycles. The van der Waals surface area contributed by atoms with Crippen LogP contribution < -0.4 is 27.4 Å². The van der Waals surface area contributed by atoms with E-state index in [0.717, 1.165) is 32.0 Å². The summed E-state index contributed by atoms with van der Waals surface area (Å²) in [6, 6.07) is 21.4. The van der Waals surface area contributed by atoms with Crippen molar-refractivity contribution >= 4 is 50.4 Å². The first-order valence-electron chi connectivity index (χ1n) is 11.9. The fourth-order valence-electron chi connectivity index (χ4n) is 4.22. The van der Waals surface area contributed by atoms with Crippen molar-refractivity contribution < 1.29 is 14.4 Å². The first-order valence-corrected chi connectivity index (χ1v) is 12.8. The maximum atomic E-state index is 13.7. The molecule has 4 aromatic rings. The number of amides is 3. The van der Waals surface area contributed by atoms with Crippen molar-refractivity contribution in [2.45, 2.75) is 44.1 Å². The Labute approximate surface area is 219 Å². The van der Waals surface area contributed by atoms with E-state index < -0.39 is 29.2 Å². The zero-order valence-corrected chi connectivity index (χ0v) is 21.6. The number of rotatable bonds is 10. The molecule has 2 atom stereocenters. The number of hydrogen-bond donors (Lipinski definition) is 5.